The largest absolute Gasteiger partial charge is 0.495 e. The van der Waals surface area contributed by atoms with Gasteiger partial charge in [0.25, 0.3) is 6.01 Å². The minimum atomic E-state index is 0.490. The number of H-pyrrole nitrogens is 1. The summed E-state index contributed by atoms with van der Waals surface area (Å²) in [5.74, 6) is 0.649. The number of halogens is 1. The van der Waals surface area contributed by atoms with Crippen molar-refractivity contribution in [2.75, 3.05) is 14.2 Å². The Kier molecular flexibility index (Phi) is 3.24. The first kappa shape index (κ1) is 11.8. The number of aromatic nitrogens is 2. The lowest BCUT2D eigenvalue weighted by molar-refractivity contribution is 0.384. The summed E-state index contributed by atoms with van der Waals surface area (Å²) >= 11 is 6.08. The predicted octanol–water partition coefficient (Wildman–Crippen LogP) is 3.06. The molecule has 1 aromatic heterocycles. The minimum Gasteiger partial charge on any atom is -0.495 e. The molecule has 0 aliphatic rings. The van der Waals surface area contributed by atoms with Gasteiger partial charge in [-0.1, -0.05) is 11.6 Å². The van der Waals surface area contributed by atoms with Gasteiger partial charge in [-0.25, -0.2) is 0 Å². The number of aromatic amines is 1. The third-order valence-corrected chi connectivity index (χ3v) is 2.78. The molecule has 0 fully saturated rings. The first-order valence-corrected chi connectivity index (χ1v) is 5.48. The maximum atomic E-state index is 6.08. The van der Waals surface area contributed by atoms with Gasteiger partial charge in [-0.3, -0.25) is 0 Å². The van der Waals surface area contributed by atoms with E-state index < -0.39 is 0 Å². The second-order valence-electron chi connectivity index (χ2n) is 3.57. The highest BCUT2D eigenvalue weighted by atomic mass is 35.5. The van der Waals surface area contributed by atoms with Gasteiger partial charge in [0.2, 0.25) is 0 Å². The Balaban J connectivity index is 2.45. The van der Waals surface area contributed by atoms with E-state index in [2.05, 4.69) is 9.97 Å². The second kappa shape index (κ2) is 4.67. The van der Waals surface area contributed by atoms with Crippen LogP contribution in [-0.2, 0) is 0 Å². The molecule has 2 rings (SSSR count). The van der Waals surface area contributed by atoms with Gasteiger partial charge in [-0.2, -0.15) is 4.98 Å². The topological polar surface area (TPSA) is 47.1 Å². The lowest BCUT2D eigenvalue weighted by atomic mass is 10.1. The molecule has 2 aromatic rings. The molecule has 0 saturated carbocycles. The highest BCUT2D eigenvalue weighted by Gasteiger charge is 2.11. The number of methoxy groups -OCH3 is 2. The molecular formula is C12H13ClN2O2. The summed E-state index contributed by atoms with van der Waals surface area (Å²) in [6.07, 6.45) is 0. The van der Waals surface area contributed by atoms with Crippen LogP contribution in [0.4, 0.5) is 0 Å². The zero-order chi connectivity index (χ0) is 12.4. The third-order valence-electron chi connectivity index (χ3n) is 2.48. The number of ether oxygens (including phenoxy) is 2. The molecular weight excluding hydrogens is 240 g/mol. The number of aryl methyl sites for hydroxylation is 1. The lowest BCUT2D eigenvalue weighted by Crippen LogP contribution is -1.86. The molecule has 0 aliphatic heterocycles. The zero-order valence-corrected chi connectivity index (χ0v) is 10.6. The molecule has 90 valence electrons. The van der Waals surface area contributed by atoms with E-state index in [4.69, 9.17) is 21.1 Å². The van der Waals surface area contributed by atoms with Crippen LogP contribution in [-0.4, -0.2) is 24.2 Å². The van der Waals surface area contributed by atoms with Gasteiger partial charge in [0.15, 0.2) is 0 Å². The van der Waals surface area contributed by atoms with Crippen LogP contribution in [0.5, 0.6) is 11.8 Å². The minimum absolute atomic E-state index is 0.490. The summed E-state index contributed by atoms with van der Waals surface area (Å²) < 4.78 is 10.2. The molecule has 0 unspecified atom stereocenters. The average Bonchev–Trinajstić information content (AvgIpc) is 2.70. The normalized spacial score (nSPS) is 10.4. The third kappa shape index (κ3) is 2.22. The fourth-order valence-corrected chi connectivity index (χ4v) is 1.88. The summed E-state index contributed by atoms with van der Waals surface area (Å²) in [5, 5.41) is 0.561. The molecule has 0 spiro atoms. The number of imidazole rings is 1. The molecule has 0 aliphatic carbocycles. The van der Waals surface area contributed by atoms with Gasteiger partial charge < -0.3 is 14.5 Å². The second-order valence-corrected chi connectivity index (χ2v) is 3.98. The number of nitrogens with zero attached hydrogens (tertiary/aromatic N) is 1. The van der Waals surface area contributed by atoms with E-state index in [1.54, 1.807) is 14.2 Å². The summed E-state index contributed by atoms with van der Waals surface area (Å²) in [5.41, 5.74) is 2.68. The predicted molar refractivity (Wildman–Crippen MR) is 66.9 cm³/mol. The fourth-order valence-electron chi connectivity index (χ4n) is 1.62. The van der Waals surface area contributed by atoms with Gasteiger partial charge in [0.1, 0.15) is 5.75 Å². The Labute approximate surface area is 105 Å². The highest BCUT2D eigenvalue weighted by molar-refractivity contribution is 6.32. The van der Waals surface area contributed by atoms with E-state index in [1.165, 1.54) is 0 Å². The smallest absolute Gasteiger partial charge is 0.294 e. The van der Waals surface area contributed by atoms with Gasteiger partial charge in [0.05, 0.1) is 24.9 Å². The lowest BCUT2D eigenvalue weighted by Gasteiger charge is -2.04. The number of nitrogens with one attached hydrogen (secondary N) is 1. The maximum absolute atomic E-state index is 6.08. The number of rotatable bonds is 3. The van der Waals surface area contributed by atoms with Crippen LogP contribution in [0.25, 0.3) is 11.3 Å². The molecule has 0 radical (unpaired) electrons. The molecule has 1 N–H and O–H groups in total. The Morgan fingerprint density at radius 2 is 2.00 bits per heavy atom. The Bertz CT molecular complexity index is 537. The number of hydrogen-bond donors (Lipinski definition) is 1. The number of benzene rings is 1. The monoisotopic (exact) mass is 252 g/mol. The molecule has 0 amide bonds. The average molecular weight is 253 g/mol. The van der Waals surface area contributed by atoms with Crippen molar-refractivity contribution in [3.8, 4) is 23.0 Å². The van der Waals surface area contributed by atoms with Crippen molar-refractivity contribution in [2.24, 2.45) is 0 Å². The molecule has 17 heavy (non-hydrogen) atoms. The Morgan fingerprint density at radius 1 is 1.24 bits per heavy atom. The van der Waals surface area contributed by atoms with Gasteiger partial charge >= 0.3 is 0 Å². The van der Waals surface area contributed by atoms with Crippen molar-refractivity contribution in [3.63, 3.8) is 0 Å². The first-order valence-electron chi connectivity index (χ1n) is 5.10. The molecule has 0 atom stereocenters. The summed E-state index contributed by atoms with van der Waals surface area (Å²) in [4.78, 5) is 7.35. The van der Waals surface area contributed by atoms with Crippen LogP contribution in [0.1, 0.15) is 5.69 Å². The quantitative estimate of drug-likeness (QED) is 0.913. The Hall–Kier alpha value is -1.68. The van der Waals surface area contributed by atoms with Crippen LogP contribution < -0.4 is 9.47 Å². The summed E-state index contributed by atoms with van der Waals surface area (Å²) in [7, 11) is 3.16. The highest BCUT2D eigenvalue weighted by Crippen LogP contribution is 2.31. The summed E-state index contributed by atoms with van der Waals surface area (Å²) in [6, 6.07) is 6.04. The van der Waals surface area contributed by atoms with Crippen LogP contribution in [0.3, 0.4) is 0 Å². The van der Waals surface area contributed by atoms with Crippen LogP contribution in [0, 0.1) is 6.92 Å². The van der Waals surface area contributed by atoms with Gasteiger partial charge in [-0.15, -0.1) is 0 Å². The SMILES string of the molecule is COc1nc(-c2ccc(OC)c(Cl)c2)c(C)[nH]1. The fraction of sp³-hybridized carbons (Fsp3) is 0.250. The molecule has 5 heteroatoms. The Morgan fingerprint density at radius 3 is 2.53 bits per heavy atom. The van der Waals surface area contributed by atoms with Crippen LogP contribution >= 0.6 is 11.6 Å². The molecule has 4 nitrogen and oxygen atoms in total. The first-order chi connectivity index (χ1) is 8.15. The summed E-state index contributed by atoms with van der Waals surface area (Å²) in [6.45, 7) is 1.93. The van der Waals surface area contributed by atoms with Crippen LogP contribution in [0.15, 0.2) is 18.2 Å². The van der Waals surface area contributed by atoms with E-state index in [9.17, 15) is 0 Å². The number of hydrogen-bond acceptors (Lipinski definition) is 3. The van der Waals surface area contributed by atoms with Gasteiger partial charge in [-0.05, 0) is 25.1 Å². The van der Waals surface area contributed by atoms with Crippen molar-refractivity contribution in [2.45, 2.75) is 6.92 Å². The van der Waals surface area contributed by atoms with E-state index in [-0.39, 0.29) is 0 Å². The molecule has 0 bridgehead atoms. The van der Waals surface area contributed by atoms with Crippen molar-refractivity contribution in [1.82, 2.24) is 9.97 Å². The van der Waals surface area contributed by atoms with Crippen molar-refractivity contribution < 1.29 is 9.47 Å². The zero-order valence-electron chi connectivity index (χ0n) is 9.87. The van der Waals surface area contributed by atoms with Crippen molar-refractivity contribution in [1.29, 1.82) is 0 Å². The molecule has 0 saturated heterocycles. The van der Waals surface area contributed by atoms with E-state index in [0.717, 1.165) is 17.0 Å². The standard InChI is InChI=1S/C12H13ClN2O2/c1-7-11(15-12(14-7)17-3)8-4-5-10(16-2)9(13)6-8/h4-6H,1-3H3,(H,14,15). The maximum Gasteiger partial charge on any atom is 0.294 e. The van der Waals surface area contributed by atoms with Crippen molar-refractivity contribution in [3.05, 3.63) is 28.9 Å². The van der Waals surface area contributed by atoms with Gasteiger partial charge in [0, 0.05) is 11.3 Å². The van der Waals surface area contributed by atoms with E-state index in [0.29, 0.717) is 16.8 Å². The molecule has 1 aromatic carbocycles. The van der Waals surface area contributed by atoms with Crippen LogP contribution in [0.2, 0.25) is 5.02 Å². The van der Waals surface area contributed by atoms with E-state index >= 15 is 0 Å². The van der Waals surface area contributed by atoms with Crippen molar-refractivity contribution >= 4 is 11.6 Å². The van der Waals surface area contributed by atoms with E-state index in [1.807, 2.05) is 25.1 Å². The molecule has 1 heterocycles.